The van der Waals surface area contributed by atoms with Crippen molar-refractivity contribution in [2.75, 3.05) is 13.6 Å². The molecule has 1 saturated carbocycles. The fraction of sp³-hybridized carbons (Fsp3) is 0.611. The first-order valence-corrected chi connectivity index (χ1v) is 8.44. The van der Waals surface area contributed by atoms with Crippen LogP contribution in [0.15, 0.2) is 24.3 Å². The summed E-state index contributed by atoms with van der Waals surface area (Å²) in [6.07, 6.45) is 7.10. The van der Waals surface area contributed by atoms with Gasteiger partial charge in [-0.2, -0.15) is 0 Å². The molecular weight excluding hydrogens is 274 g/mol. The lowest BCUT2D eigenvalue weighted by Crippen LogP contribution is -2.33. The molecule has 4 nitrogen and oxygen atoms in total. The summed E-state index contributed by atoms with van der Waals surface area (Å²) in [5.41, 5.74) is 7.92. The van der Waals surface area contributed by atoms with Gasteiger partial charge >= 0.3 is 0 Å². The number of nitrogens with two attached hydrogens (primary N) is 1. The Labute approximate surface area is 134 Å². The van der Waals surface area contributed by atoms with Gasteiger partial charge in [-0.05, 0) is 31.0 Å². The van der Waals surface area contributed by atoms with Crippen molar-refractivity contribution in [3.05, 3.63) is 35.4 Å². The quantitative estimate of drug-likeness (QED) is 0.813. The predicted octanol–water partition coefficient (Wildman–Crippen LogP) is 2.42. The Kier molecular flexibility index (Phi) is 6.87. The molecule has 4 heteroatoms. The highest BCUT2D eigenvalue weighted by atomic mass is 16.1. The third-order valence-corrected chi connectivity index (χ3v) is 4.58. The van der Waals surface area contributed by atoms with Gasteiger partial charge in [0, 0.05) is 32.1 Å². The molecule has 22 heavy (non-hydrogen) atoms. The second kappa shape index (κ2) is 8.91. The van der Waals surface area contributed by atoms with Crippen LogP contribution in [0.4, 0.5) is 0 Å². The highest BCUT2D eigenvalue weighted by Gasteiger charge is 2.18. The molecule has 122 valence electrons. The molecule has 3 N–H and O–H groups in total. The van der Waals surface area contributed by atoms with Gasteiger partial charge in [0.2, 0.25) is 5.91 Å². The monoisotopic (exact) mass is 303 g/mol. The summed E-state index contributed by atoms with van der Waals surface area (Å²) >= 11 is 0. The maximum Gasteiger partial charge on any atom is 0.221 e. The van der Waals surface area contributed by atoms with Crippen molar-refractivity contribution < 1.29 is 4.79 Å². The predicted molar refractivity (Wildman–Crippen MR) is 90.3 cm³/mol. The second-order valence-electron chi connectivity index (χ2n) is 6.29. The summed E-state index contributed by atoms with van der Waals surface area (Å²) in [4.78, 5) is 14.1. The summed E-state index contributed by atoms with van der Waals surface area (Å²) in [5, 5.41) is 2.96. The largest absolute Gasteiger partial charge is 0.352 e. The standard InChI is InChI=1S/C18H29N3O/c1-21(17-9-3-2-4-10-17)14-16-8-6-5-7-15(16)13-20-18(22)11-12-19/h5-8,17H,2-4,9-14,19H2,1H3,(H,20,22). The Hall–Kier alpha value is -1.39. The Morgan fingerprint density at radius 2 is 1.91 bits per heavy atom. The summed E-state index contributed by atoms with van der Waals surface area (Å²) < 4.78 is 0. The molecule has 1 aromatic carbocycles. The van der Waals surface area contributed by atoms with E-state index in [1.165, 1.54) is 43.2 Å². The highest BCUT2D eigenvalue weighted by Crippen LogP contribution is 2.23. The minimum absolute atomic E-state index is 0.0259. The zero-order valence-corrected chi connectivity index (χ0v) is 13.7. The van der Waals surface area contributed by atoms with E-state index < -0.39 is 0 Å². The van der Waals surface area contributed by atoms with E-state index in [-0.39, 0.29) is 5.91 Å². The number of nitrogens with one attached hydrogen (secondary N) is 1. The highest BCUT2D eigenvalue weighted by molar-refractivity contribution is 5.76. The molecule has 0 saturated heterocycles. The summed E-state index contributed by atoms with van der Waals surface area (Å²) in [7, 11) is 2.22. The number of nitrogens with zero attached hydrogens (tertiary/aromatic N) is 1. The van der Waals surface area contributed by atoms with E-state index in [1.807, 2.05) is 6.07 Å². The van der Waals surface area contributed by atoms with Crippen LogP contribution in [0.1, 0.15) is 49.7 Å². The fourth-order valence-electron chi connectivity index (χ4n) is 3.22. The summed E-state index contributed by atoms with van der Waals surface area (Å²) in [6.45, 7) is 1.94. The topological polar surface area (TPSA) is 58.4 Å². The summed E-state index contributed by atoms with van der Waals surface area (Å²) in [6, 6.07) is 9.09. The van der Waals surface area contributed by atoms with E-state index in [0.717, 1.165) is 6.54 Å². The van der Waals surface area contributed by atoms with Gasteiger partial charge in [-0.1, -0.05) is 43.5 Å². The van der Waals surface area contributed by atoms with Crippen LogP contribution in [0.3, 0.4) is 0 Å². The van der Waals surface area contributed by atoms with E-state index in [1.54, 1.807) is 0 Å². The van der Waals surface area contributed by atoms with Crippen molar-refractivity contribution in [1.29, 1.82) is 0 Å². The van der Waals surface area contributed by atoms with Gasteiger partial charge in [0.15, 0.2) is 0 Å². The first-order valence-electron chi connectivity index (χ1n) is 8.44. The Balaban J connectivity index is 1.93. The molecule has 0 heterocycles. The Morgan fingerprint density at radius 3 is 2.59 bits per heavy atom. The first kappa shape index (κ1) is 17.0. The number of rotatable bonds is 7. The van der Waals surface area contributed by atoms with Gasteiger partial charge < -0.3 is 11.1 Å². The molecule has 2 rings (SSSR count). The third-order valence-electron chi connectivity index (χ3n) is 4.58. The number of amides is 1. The van der Waals surface area contributed by atoms with Gasteiger partial charge in [0.05, 0.1) is 0 Å². The summed E-state index contributed by atoms with van der Waals surface area (Å²) in [5.74, 6) is 0.0259. The third kappa shape index (κ3) is 5.11. The minimum atomic E-state index is 0.0259. The van der Waals surface area contributed by atoms with Crippen LogP contribution in [-0.4, -0.2) is 30.4 Å². The van der Waals surface area contributed by atoms with E-state index in [9.17, 15) is 4.79 Å². The van der Waals surface area contributed by atoms with E-state index in [0.29, 0.717) is 25.6 Å². The van der Waals surface area contributed by atoms with Crippen LogP contribution >= 0.6 is 0 Å². The molecule has 0 spiro atoms. The smallest absolute Gasteiger partial charge is 0.221 e. The lowest BCUT2D eigenvalue weighted by Gasteiger charge is -2.31. The number of hydrogen-bond acceptors (Lipinski definition) is 3. The molecule has 1 aliphatic carbocycles. The van der Waals surface area contributed by atoms with E-state index in [4.69, 9.17) is 5.73 Å². The molecule has 0 unspecified atom stereocenters. The van der Waals surface area contributed by atoms with E-state index in [2.05, 4.69) is 35.5 Å². The average molecular weight is 303 g/mol. The van der Waals surface area contributed by atoms with Crippen LogP contribution in [0.5, 0.6) is 0 Å². The van der Waals surface area contributed by atoms with Gasteiger partial charge in [0.1, 0.15) is 0 Å². The molecule has 0 aromatic heterocycles. The fourth-order valence-corrected chi connectivity index (χ4v) is 3.22. The Bertz CT molecular complexity index is 469. The lowest BCUT2D eigenvalue weighted by molar-refractivity contribution is -0.121. The van der Waals surface area contributed by atoms with Gasteiger partial charge in [-0.15, -0.1) is 0 Å². The molecule has 0 bridgehead atoms. The molecule has 1 aliphatic rings. The van der Waals surface area contributed by atoms with Crippen molar-refractivity contribution in [1.82, 2.24) is 10.2 Å². The van der Waals surface area contributed by atoms with Crippen molar-refractivity contribution in [2.45, 2.75) is 57.7 Å². The molecule has 1 amide bonds. The van der Waals surface area contributed by atoms with Gasteiger partial charge in [-0.25, -0.2) is 0 Å². The SMILES string of the molecule is CN(Cc1ccccc1CNC(=O)CCN)C1CCCCC1. The van der Waals surface area contributed by atoms with Crippen LogP contribution in [0, 0.1) is 0 Å². The number of benzene rings is 1. The number of hydrogen-bond donors (Lipinski definition) is 2. The van der Waals surface area contributed by atoms with Crippen LogP contribution < -0.4 is 11.1 Å². The van der Waals surface area contributed by atoms with Crippen LogP contribution in [0.2, 0.25) is 0 Å². The van der Waals surface area contributed by atoms with Gasteiger partial charge in [0.25, 0.3) is 0 Å². The maximum atomic E-state index is 11.6. The van der Waals surface area contributed by atoms with Crippen LogP contribution in [0.25, 0.3) is 0 Å². The molecule has 1 aromatic rings. The van der Waals surface area contributed by atoms with Crippen molar-refractivity contribution >= 4 is 5.91 Å². The lowest BCUT2D eigenvalue weighted by atomic mass is 9.94. The van der Waals surface area contributed by atoms with Crippen molar-refractivity contribution in [3.63, 3.8) is 0 Å². The molecular formula is C18H29N3O. The van der Waals surface area contributed by atoms with Gasteiger partial charge in [-0.3, -0.25) is 9.69 Å². The minimum Gasteiger partial charge on any atom is -0.352 e. The van der Waals surface area contributed by atoms with Crippen LogP contribution in [-0.2, 0) is 17.9 Å². The number of carbonyl (C=O) groups excluding carboxylic acids is 1. The molecule has 0 aliphatic heterocycles. The average Bonchev–Trinajstić information content (AvgIpc) is 2.55. The maximum absolute atomic E-state index is 11.6. The van der Waals surface area contributed by atoms with E-state index >= 15 is 0 Å². The molecule has 0 radical (unpaired) electrons. The second-order valence-corrected chi connectivity index (χ2v) is 6.29. The first-order chi connectivity index (χ1) is 10.7. The normalized spacial score (nSPS) is 16.0. The zero-order chi connectivity index (χ0) is 15.8. The molecule has 1 fully saturated rings. The molecule has 0 atom stereocenters. The zero-order valence-electron chi connectivity index (χ0n) is 13.7. The van der Waals surface area contributed by atoms with Crippen molar-refractivity contribution in [2.24, 2.45) is 5.73 Å². The number of carbonyl (C=O) groups is 1. The van der Waals surface area contributed by atoms with Crippen molar-refractivity contribution in [3.8, 4) is 0 Å². The Morgan fingerprint density at radius 1 is 1.23 bits per heavy atom.